The van der Waals surface area contributed by atoms with E-state index < -0.39 is 0 Å². The van der Waals surface area contributed by atoms with Gasteiger partial charge in [0.2, 0.25) is 0 Å². The van der Waals surface area contributed by atoms with E-state index in [1.54, 1.807) is 0 Å². The second kappa shape index (κ2) is 6.53. The van der Waals surface area contributed by atoms with Crippen molar-refractivity contribution in [3.8, 4) is 0 Å². The van der Waals surface area contributed by atoms with Crippen molar-refractivity contribution in [3.05, 3.63) is 71.3 Å². The average Bonchev–Trinajstić information content (AvgIpc) is 2.42. The van der Waals surface area contributed by atoms with Crippen LogP contribution in [0.5, 0.6) is 0 Å². The van der Waals surface area contributed by atoms with Gasteiger partial charge in [0, 0.05) is 12.6 Å². The Balaban J connectivity index is 2.04. The van der Waals surface area contributed by atoms with Crippen LogP contribution in [0.2, 0.25) is 0 Å². The second-order valence-electron chi connectivity index (χ2n) is 5.50. The molecule has 1 atom stereocenters. The summed E-state index contributed by atoms with van der Waals surface area (Å²) in [5.74, 6) is 0.577. The van der Waals surface area contributed by atoms with Crippen LogP contribution in [0.1, 0.15) is 36.6 Å². The van der Waals surface area contributed by atoms with Crippen LogP contribution in [0.4, 0.5) is 0 Å². The summed E-state index contributed by atoms with van der Waals surface area (Å²) in [5, 5.41) is 3.67. The molecule has 0 spiro atoms. The summed E-state index contributed by atoms with van der Waals surface area (Å²) in [6, 6.07) is 19.8. The van der Waals surface area contributed by atoms with Crippen LogP contribution < -0.4 is 5.32 Å². The van der Waals surface area contributed by atoms with Gasteiger partial charge in [0.25, 0.3) is 0 Å². The van der Waals surface area contributed by atoms with Crippen LogP contribution in [0.25, 0.3) is 0 Å². The maximum absolute atomic E-state index is 3.67. The number of benzene rings is 2. The average molecular weight is 253 g/mol. The molecule has 0 heterocycles. The Kier molecular flexibility index (Phi) is 4.75. The minimum Gasteiger partial charge on any atom is -0.306 e. The molecule has 1 N–H and O–H groups in total. The number of hydrogen-bond donors (Lipinski definition) is 1. The SMILES string of the molecule is Cc1ccc(CNC(c2ccccc2)C(C)C)cc1. The highest BCUT2D eigenvalue weighted by atomic mass is 14.9. The van der Waals surface area contributed by atoms with Crippen molar-refractivity contribution in [1.29, 1.82) is 0 Å². The minimum atomic E-state index is 0.405. The van der Waals surface area contributed by atoms with E-state index in [-0.39, 0.29) is 0 Å². The third kappa shape index (κ3) is 3.93. The molecule has 0 bridgehead atoms. The van der Waals surface area contributed by atoms with Gasteiger partial charge in [-0.1, -0.05) is 74.0 Å². The zero-order valence-corrected chi connectivity index (χ0v) is 12.1. The molecule has 0 radical (unpaired) electrons. The molecule has 0 saturated carbocycles. The lowest BCUT2D eigenvalue weighted by atomic mass is 9.96. The molecule has 2 aromatic rings. The molecule has 1 unspecified atom stereocenters. The topological polar surface area (TPSA) is 12.0 Å². The van der Waals surface area contributed by atoms with Gasteiger partial charge in [-0.05, 0) is 24.0 Å². The van der Waals surface area contributed by atoms with Gasteiger partial charge in [-0.15, -0.1) is 0 Å². The Bertz CT molecular complexity index is 485. The molecule has 0 fully saturated rings. The number of hydrogen-bond acceptors (Lipinski definition) is 1. The van der Waals surface area contributed by atoms with Gasteiger partial charge in [-0.3, -0.25) is 0 Å². The lowest BCUT2D eigenvalue weighted by Crippen LogP contribution is -2.25. The monoisotopic (exact) mass is 253 g/mol. The summed E-state index contributed by atoms with van der Waals surface area (Å²) in [5.41, 5.74) is 4.02. The Morgan fingerprint density at radius 1 is 0.895 bits per heavy atom. The van der Waals surface area contributed by atoms with Gasteiger partial charge in [0.05, 0.1) is 0 Å². The highest BCUT2D eigenvalue weighted by Crippen LogP contribution is 2.21. The zero-order chi connectivity index (χ0) is 13.7. The number of aryl methyl sites for hydroxylation is 1. The van der Waals surface area contributed by atoms with E-state index in [2.05, 4.69) is 80.7 Å². The van der Waals surface area contributed by atoms with E-state index in [1.165, 1.54) is 16.7 Å². The minimum absolute atomic E-state index is 0.405. The third-order valence-electron chi connectivity index (χ3n) is 3.47. The summed E-state index contributed by atoms with van der Waals surface area (Å²) < 4.78 is 0. The lowest BCUT2D eigenvalue weighted by Gasteiger charge is -2.23. The highest BCUT2D eigenvalue weighted by Gasteiger charge is 2.14. The van der Waals surface area contributed by atoms with E-state index in [1.807, 2.05) is 0 Å². The summed E-state index contributed by atoms with van der Waals surface area (Å²) in [6.07, 6.45) is 0. The van der Waals surface area contributed by atoms with Crippen LogP contribution in [-0.4, -0.2) is 0 Å². The van der Waals surface area contributed by atoms with E-state index in [0.717, 1.165) is 6.54 Å². The van der Waals surface area contributed by atoms with Crippen molar-refractivity contribution in [2.45, 2.75) is 33.4 Å². The van der Waals surface area contributed by atoms with Gasteiger partial charge in [-0.25, -0.2) is 0 Å². The fourth-order valence-electron chi connectivity index (χ4n) is 2.33. The first-order valence-corrected chi connectivity index (χ1v) is 7.00. The Hall–Kier alpha value is -1.60. The fourth-order valence-corrected chi connectivity index (χ4v) is 2.33. The van der Waals surface area contributed by atoms with Crippen molar-refractivity contribution >= 4 is 0 Å². The largest absolute Gasteiger partial charge is 0.306 e. The maximum atomic E-state index is 3.67. The molecule has 0 aromatic heterocycles. The lowest BCUT2D eigenvalue weighted by molar-refractivity contribution is 0.410. The van der Waals surface area contributed by atoms with Gasteiger partial charge in [-0.2, -0.15) is 0 Å². The Labute approximate surface area is 116 Å². The van der Waals surface area contributed by atoms with E-state index >= 15 is 0 Å². The van der Waals surface area contributed by atoms with Gasteiger partial charge in [0.15, 0.2) is 0 Å². The van der Waals surface area contributed by atoms with E-state index in [9.17, 15) is 0 Å². The molecule has 0 aliphatic heterocycles. The van der Waals surface area contributed by atoms with Crippen molar-refractivity contribution < 1.29 is 0 Å². The molecule has 100 valence electrons. The highest BCUT2D eigenvalue weighted by molar-refractivity contribution is 5.23. The molecule has 0 aliphatic rings. The molecule has 0 saturated heterocycles. The molecular weight excluding hydrogens is 230 g/mol. The van der Waals surface area contributed by atoms with E-state index in [4.69, 9.17) is 0 Å². The Morgan fingerprint density at radius 3 is 2.11 bits per heavy atom. The molecule has 1 nitrogen and oxygen atoms in total. The van der Waals surface area contributed by atoms with Crippen molar-refractivity contribution in [1.82, 2.24) is 5.32 Å². The summed E-state index contributed by atoms with van der Waals surface area (Å²) in [4.78, 5) is 0. The summed E-state index contributed by atoms with van der Waals surface area (Å²) in [7, 11) is 0. The van der Waals surface area contributed by atoms with Crippen LogP contribution in [0.15, 0.2) is 54.6 Å². The predicted octanol–water partition coefficient (Wildman–Crippen LogP) is 4.48. The first-order valence-electron chi connectivity index (χ1n) is 7.00. The molecular formula is C18H23N. The summed E-state index contributed by atoms with van der Waals surface area (Å²) in [6.45, 7) is 7.57. The van der Waals surface area contributed by atoms with Crippen LogP contribution in [-0.2, 0) is 6.54 Å². The molecule has 0 aliphatic carbocycles. The summed E-state index contributed by atoms with van der Waals surface area (Å²) >= 11 is 0. The second-order valence-corrected chi connectivity index (χ2v) is 5.50. The van der Waals surface area contributed by atoms with Crippen LogP contribution in [0, 0.1) is 12.8 Å². The van der Waals surface area contributed by atoms with E-state index in [0.29, 0.717) is 12.0 Å². The van der Waals surface area contributed by atoms with Crippen molar-refractivity contribution in [2.24, 2.45) is 5.92 Å². The van der Waals surface area contributed by atoms with Gasteiger partial charge >= 0.3 is 0 Å². The molecule has 19 heavy (non-hydrogen) atoms. The molecule has 1 heteroatoms. The van der Waals surface area contributed by atoms with Crippen LogP contribution >= 0.6 is 0 Å². The third-order valence-corrected chi connectivity index (χ3v) is 3.47. The van der Waals surface area contributed by atoms with Crippen molar-refractivity contribution in [3.63, 3.8) is 0 Å². The normalized spacial score (nSPS) is 12.6. The number of rotatable bonds is 5. The first-order chi connectivity index (χ1) is 9.16. The van der Waals surface area contributed by atoms with Gasteiger partial charge < -0.3 is 5.32 Å². The fraction of sp³-hybridized carbons (Fsp3) is 0.333. The molecule has 0 amide bonds. The predicted molar refractivity (Wildman–Crippen MR) is 82.0 cm³/mol. The van der Waals surface area contributed by atoms with Crippen molar-refractivity contribution in [2.75, 3.05) is 0 Å². The molecule has 2 rings (SSSR count). The quantitative estimate of drug-likeness (QED) is 0.828. The smallest absolute Gasteiger partial charge is 0.0346 e. The maximum Gasteiger partial charge on any atom is 0.0346 e. The zero-order valence-electron chi connectivity index (χ0n) is 12.1. The Morgan fingerprint density at radius 2 is 1.53 bits per heavy atom. The van der Waals surface area contributed by atoms with Gasteiger partial charge in [0.1, 0.15) is 0 Å². The van der Waals surface area contributed by atoms with Crippen LogP contribution in [0.3, 0.4) is 0 Å². The first kappa shape index (κ1) is 13.8. The number of nitrogens with one attached hydrogen (secondary N) is 1. The standard InChI is InChI=1S/C18H23N/c1-14(2)18(17-7-5-4-6-8-17)19-13-16-11-9-15(3)10-12-16/h4-12,14,18-19H,13H2,1-3H3. The molecule has 2 aromatic carbocycles.